The lowest BCUT2D eigenvalue weighted by Crippen LogP contribution is -2.41. The van der Waals surface area contributed by atoms with Gasteiger partial charge >= 0.3 is 0 Å². The van der Waals surface area contributed by atoms with Gasteiger partial charge in [-0.1, -0.05) is 30.7 Å². The third-order valence-corrected chi connectivity index (χ3v) is 6.58. The minimum Gasteiger partial charge on any atom is -0.371 e. The van der Waals surface area contributed by atoms with Gasteiger partial charge in [-0.2, -0.15) is 0 Å². The normalized spacial score (nSPS) is 16.8. The van der Waals surface area contributed by atoms with E-state index in [1.54, 1.807) is 18.3 Å². The molecule has 4 rings (SSSR count). The molecule has 1 fully saturated rings. The first-order valence-corrected chi connectivity index (χ1v) is 11.0. The number of carbonyl (C=O) groups excluding carboxylic acids is 1. The Labute approximate surface area is 187 Å². The predicted molar refractivity (Wildman–Crippen MR) is 124 cm³/mol. The zero-order chi connectivity index (χ0) is 22.0. The van der Waals surface area contributed by atoms with Crippen molar-refractivity contribution in [2.75, 3.05) is 18.0 Å². The van der Waals surface area contributed by atoms with Crippen LogP contribution in [-0.2, 0) is 4.79 Å². The molecule has 1 aliphatic heterocycles. The van der Waals surface area contributed by atoms with Gasteiger partial charge in [0.15, 0.2) is 0 Å². The summed E-state index contributed by atoms with van der Waals surface area (Å²) in [6.07, 6.45) is 4.06. The van der Waals surface area contributed by atoms with Gasteiger partial charge in [-0.25, -0.2) is 4.39 Å². The number of fused-ring (bicyclic) bond motifs is 1. The summed E-state index contributed by atoms with van der Waals surface area (Å²) in [6, 6.07) is 14.2. The van der Waals surface area contributed by atoms with Gasteiger partial charge in [-0.05, 0) is 67.1 Å². The number of aromatic nitrogens is 1. The van der Waals surface area contributed by atoms with E-state index >= 15 is 0 Å². The molecule has 0 aliphatic carbocycles. The fourth-order valence-corrected chi connectivity index (χ4v) is 4.48. The van der Waals surface area contributed by atoms with Crippen LogP contribution in [0.3, 0.4) is 0 Å². The van der Waals surface area contributed by atoms with Crippen molar-refractivity contribution in [1.29, 1.82) is 0 Å². The van der Waals surface area contributed by atoms with E-state index in [9.17, 15) is 9.18 Å². The summed E-state index contributed by atoms with van der Waals surface area (Å²) in [5.74, 6) is -0.190. The lowest BCUT2D eigenvalue weighted by atomic mass is 9.77. The minimum absolute atomic E-state index is 0.0611. The monoisotopic (exact) mass is 439 g/mol. The van der Waals surface area contributed by atoms with Gasteiger partial charge in [-0.3, -0.25) is 9.78 Å². The molecule has 6 heteroatoms. The largest absolute Gasteiger partial charge is 0.371 e. The number of nitrogens with one attached hydrogen (secondary N) is 1. The molecule has 4 nitrogen and oxygen atoms in total. The van der Waals surface area contributed by atoms with Gasteiger partial charge in [0.2, 0.25) is 5.91 Å². The van der Waals surface area contributed by atoms with Crippen LogP contribution in [0.4, 0.5) is 10.1 Å². The van der Waals surface area contributed by atoms with E-state index in [0.29, 0.717) is 11.4 Å². The summed E-state index contributed by atoms with van der Waals surface area (Å²) in [4.78, 5) is 19.4. The zero-order valence-electron chi connectivity index (χ0n) is 17.9. The van der Waals surface area contributed by atoms with E-state index in [0.717, 1.165) is 48.1 Å². The number of hydrogen-bond donors (Lipinski definition) is 1. The number of carbonyl (C=O) groups is 1. The lowest BCUT2D eigenvalue weighted by molar-refractivity contribution is -0.124. The van der Waals surface area contributed by atoms with Crippen molar-refractivity contribution >= 4 is 34.1 Å². The maximum absolute atomic E-state index is 13.8. The Balaban J connectivity index is 1.38. The van der Waals surface area contributed by atoms with Crippen LogP contribution < -0.4 is 10.2 Å². The fourth-order valence-electron chi connectivity index (χ4n) is 4.36. The molecule has 0 saturated carbocycles. The summed E-state index contributed by atoms with van der Waals surface area (Å²) in [5.41, 5.74) is 2.78. The summed E-state index contributed by atoms with van der Waals surface area (Å²) in [5, 5.41) is 4.64. The summed E-state index contributed by atoms with van der Waals surface area (Å²) >= 11 is 5.95. The van der Waals surface area contributed by atoms with Crippen molar-refractivity contribution in [2.45, 2.75) is 39.2 Å². The number of pyridine rings is 1. The molecule has 1 aromatic heterocycles. The molecular formula is C25H27ClFN3O. The highest BCUT2D eigenvalue weighted by Crippen LogP contribution is 2.38. The molecule has 0 spiro atoms. The molecule has 162 valence electrons. The molecule has 31 heavy (non-hydrogen) atoms. The first-order valence-electron chi connectivity index (χ1n) is 10.7. The number of nitrogens with zero attached hydrogens (tertiary/aromatic N) is 2. The maximum Gasteiger partial charge on any atom is 0.221 e. The zero-order valence-corrected chi connectivity index (χ0v) is 18.6. The van der Waals surface area contributed by atoms with Crippen LogP contribution >= 0.6 is 11.6 Å². The minimum atomic E-state index is -0.255. The molecule has 1 N–H and O–H groups in total. The van der Waals surface area contributed by atoms with Gasteiger partial charge in [0, 0.05) is 41.8 Å². The highest BCUT2D eigenvalue weighted by Gasteiger charge is 2.33. The molecule has 1 amide bonds. The van der Waals surface area contributed by atoms with Gasteiger partial charge in [0.05, 0.1) is 11.6 Å². The van der Waals surface area contributed by atoms with E-state index in [2.05, 4.69) is 22.1 Å². The van der Waals surface area contributed by atoms with Crippen molar-refractivity contribution in [1.82, 2.24) is 10.3 Å². The molecule has 0 radical (unpaired) electrons. The van der Waals surface area contributed by atoms with Crippen LogP contribution in [0.2, 0.25) is 5.02 Å². The quantitative estimate of drug-likeness (QED) is 0.538. The number of benzene rings is 2. The molecule has 3 aromatic rings. The van der Waals surface area contributed by atoms with Crippen molar-refractivity contribution < 1.29 is 9.18 Å². The Bertz CT molecular complexity index is 1080. The van der Waals surface area contributed by atoms with E-state index in [1.807, 2.05) is 37.3 Å². The van der Waals surface area contributed by atoms with Crippen LogP contribution in [0.5, 0.6) is 0 Å². The van der Waals surface area contributed by atoms with E-state index in [-0.39, 0.29) is 23.2 Å². The Morgan fingerprint density at radius 1 is 1.19 bits per heavy atom. The smallest absolute Gasteiger partial charge is 0.221 e. The first-order chi connectivity index (χ1) is 14.8. The third-order valence-electron chi connectivity index (χ3n) is 6.33. The second-order valence-corrected chi connectivity index (χ2v) is 9.24. The van der Waals surface area contributed by atoms with E-state index in [1.165, 1.54) is 6.07 Å². The molecule has 2 heterocycles. The lowest BCUT2D eigenvalue weighted by Gasteiger charge is -2.40. The fraction of sp³-hybridized carbons (Fsp3) is 0.360. The highest BCUT2D eigenvalue weighted by molar-refractivity contribution is 6.30. The number of piperidine rings is 1. The van der Waals surface area contributed by atoms with Gasteiger partial charge in [0.25, 0.3) is 0 Å². The average Bonchev–Trinajstić information content (AvgIpc) is 2.74. The number of rotatable bonds is 5. The van der Waals surface area contributed by atoms with Crippen molar-refractivity contribution in [3.8, 4) is 0 Å². The predicted octanol–water partition coefficient (Wildman–Crippen LogP) is 5.90. The number of halogens is 2. The maximum atomic E-state index is 13.8. The Hall–Kier alpha value is -2.66. The second kappa shape index (κ2) is 8.83. The summed E-state index contributed by atoms with van der Waals surface area (Å²) in [6.45, 7) is 5.82. The Morgan fingerprint density at radius 2 is 1.90 bits per heavy atom. The summed E-state index contributed by atoms with van der Waals surface area (Å²) in [7, 11) is 0. The van der Waals surface area contributed by atoms with Crippen molar-refractivity contribution in [3.05, 3.63) is 71.1 Å². The van der Waals surface area contributed by atoms with Gasteiger partial charge in [-0.15, -0.1) is 0 Å². The Kier molecular flexibility index (Phi) is 6.15. The van der Waals surface area contributed by atoms with E-state index in [4.69, 9.17) is 11.6 Å². The third kappa shape index (κ3) is 4.99. The van der Waals surface area contributed by atoms with Gasteiger partial charge < -0.3 is 10.2 Å². The van der Waals surface area contributed by atoms with Crippen LogP contribution in [0.25, 0.3) is 10.9 Å². The SMILES string of the molecule is CC(NC(=O)CC1(C)CCN(c2ccnc3ccc(F)cc23)CC1)c1ccc(Cl)cc1. The highest BCUT2D eigenvalue weighted by atomic mass is 35.5. The average molecular weight is 440 g/mol. The van der Waals surface area contributed by atoms with Crippen LogP contribution in [0.1, 0.15) is 44.7 Å². The summed E-state index contributed by atoms with van der Waals surface area (Å²) < 4.78 is 13.8. The second-order valence-electron chi connectivity index (χ2n) is 8.81. The first kappa shape index (κ1) is 21.6. The topological polar surface area (TPSA) is 45.2 Å². The molecule has 1 unspecified atom stereocenters. The van der Waals surface area contributed by atoms with Crippen LogP contribution in [0, 0.1) is 11.2 Å². The standard InChI is InChI=1S/C25H27ClFN3O/c1-17(18-3-5-19(26)6-4-18)29-24(31)16-25(2)10-13-30(14-11-25)23-9-12-28-22-8-7-20(27)15-21(22)23/h3-9,12,15,17H,10-11,13-14,16H2,1-2H3,(H,29,31). The van der Waals surface area contributed by atoms with E-state index < -0.39 is 0 Å². The van der Waals surface area contributed by atoms with Crippen LogP contribution in [-0.4, -0.2) is 24.0 Å². The molecule has 2 aromatic carbocycles. The number of hydrogen-bond acceptors (Lipinski definition) is 3. The molecule has 1 aliphatic rings. The molecule has 0 bridgehead atoms. The molecule has 1 atom stereocenters. The van der Waals surface area contributed by atoms with Crippen LogP contribution in [0.15, 0.2) is 54.7 Å². The molecular weight excluding hydrogens is 413 g/mol. The van der Waals surface area contributed by atoms with Crippen molar-refractivity contribution in [2.24, 2.45) is 5.41 Å². The van der Waals surface area contributed by atoms with Crippen molar-refractivity contribution in [3.63, 3.8) is 0 Å². The molecule has 1 saturated heterocycles. The number of anilines is 1. The van der Waals surface area contributed by atoms with Gasteiger partial charge in [0.1, 0.15) is 5.82 Å². The number of amides is 1. The Morgan fingerprint density at radius 3 is 2.61 bits per heavy atom.